The van der Waals surface area contributed by atoms with Crippen LogP contribution in [0.15, 0.2) is 48.3 Å². The zero-order valence-electron chi connectivity index (χ0n) is 15.7. The summed E-state index contributed by atoms with van der Waals surface area (Å²) < 4.78 is 21.3. The number of hydrogen-bond donors (Lipinski definition) is 1. The summed E-state index contributed by atoms with van der Waals surface area (Å²) in [5.74, 6) is -0.770. The van der Waals surface area contributed by atoms with Gasteiger partial charge in [0, 0.05) is 30.6 Å². The molecule has 0 atom stereocenters. The first kappa shape index (κ1) is 20.2. The number of furan rings is 1. The van der Waals surface area contributed by atoms with E-state index in [0.717, 1.165) is 4.57 Å². The van der Waals surface area contributed by atoms with Crippen molar-refractivity contribution in [2.45, 2.75) is 6.42 Å². The smallest absolute Gasteiger partial charge is 0.333 e. The highest BCUT2D eigenvalue weighted by molar-refractivity contribution is 9.10. The Morgan fingerprint density at radius 3 is 2.80 bits per heavy atom. The van der Waals surface area contributed by atoms with Gasteiger partial charge in [0.25, 0.3) is 5.56 Å². The molecule has 3 heterocycles. The molecule has 0 fully saturated rings. The number of nitrogens with one attached hydrogen (secondary N) is 1. The summed E-state index contributed by atoms with van der Waals surface area (Å²) in [6.07, 6.45) is 1.17. The first-order valence-electron chi connectivity index (χ1n) is 8.63. The summed E-state index contributed by atoms with van der Waals surface area (Å²) in [6.45, 7) is 0. The van der Waals surface area contributed by atoms with Gasteiger partial charge < -0.3 is 9.73 Å². The van der Waals surface area contributed by atoms with Gasteiger partial charge in [-0.2, -0.15) is 0 Å². The maximum absolute atomic E-state index is 13.4. The van der Waals surface area contributed by atoms with Crippen LogP contribution in [-0.2, 0) is 25.3 Å². The molecular formula is C19H14BrFN4O4S. The maximum Gasteiger partial charge on any atom is 0.333 e. The number of fused-ring (bicyclic) bond motifs is 1. The maximum atomic E-state index is 13.4. The van der Waals surface area contributed by atoms with Crippen LogP contribution in [0.5, 0.6) is 0 Å². The Morgan fingerprint density at radius 2 is 2.07 bits per heavy atom. The van der Waals surface area contributed by atoms with Gasteiger partial charge in [0.1, 0.15) is 11.2 Å². The van der Waals surface area contributed by atoms with Crippen LogP contribution in [0, 0.1) is 5.82 Å². The van der Waals surface area contributed by atoms with E-state index in [9.17, 15) is 18.8 Å². The molecule has 30 heavy (non-hydrogen) atoms. The minimum Gasteiger partial charge on any atom is -0.447 e. The standard InChI is InChI=1S/C19H14BrFN4O4S/c1-24-16(27)15-10(7-29-17(15)25(2)19(24)28)6-14(26)23-18-22-13(8-30-18)9-3-4-12(21)11(20)5-9/h3-5,7-8H,6H2,1-2H3,(H,22,23,26). The van der Waals surface area contributed by atoms with Crippen molar-refractivity contribution in [3.05, 3.63) is 66.5 Å². The average Bonchev–Trinajstić information content (AvgIpc) is 3.34. The summed E-state index contributed by atoms with van der Waals surface area (Å²) in [5.41, 5.74) is 0.741. The van der Waals surface area contributed by atoms with Crippen LogP contribution in [0.25, 0.3) is 22.4 Å². The van der Waals surface area contributed by atoms with Crippen molar-refractivity contribution in [3.8, 4) is 11.3 Å². The van der Waals surface area contributed by atoms with E-state index in [2.05, 4.69) is 26.2 Å². The molecule has 1 aromatic carbocycles. The van der Waals surface area contributed by atoms with Crippen molar-refractivity contribution < 1.29 is 13.6 Å². The predicted octanol–water partition coefficient (Wildman–Crippen LogP) is 3.04. The van der Waals surface area contributed by atoms with Gasteiger partial charge in [-0.25, -0.2) is 14.2 Å². The summed E-state index contributed by atoms with van der Waals surface area (Å²) >= 11 is 4.36. The lowest BCUT2D eigenvalue weighted by Gasteiger charge is -2.03. The van der Waals surface area contributed by atoms with Gasteiger partial charge in [-0.15, -0.1) is 11.3 Å². The second kappa shape index (κ2) is 7.65. The molecule has 3 aromatic heterocycles. The molecule has 4 rings (SSSR count). The van der Waals surface area contributed by atoms with E-state index in [1.54, 1.807) is 17.5 Å². The molecule has 0 saturated carbocycles. The Kier molecular flexibility index (Phi) is 5.16. The van der Waals surface area contributed by atoms with Crippen LogP contribution < -0.4 is 16.6 Å². The molecule has 8 nitrogen and oxygen atoms in total. The van der Waals surface area contributed by atoms with E-state index in [1.165, 1.54) is 42.3 Å². The second-order valence-corrected chi connectivity index (χ2v) is 8.25. The lowest BCUT2D eigenvalue weighted by Crippen LogP contribution is -2.36. The molecule has 0 aliphatic carbocycles. The van der Waals surface area contributed by atoms with Gasteiger partial charge in [-0.3, -0.25) is 18.7 Å². The zero-order valence-corrected chi connectivity index (χ0v) is 18.1. The Hall–Kier alpha value is -3.05. The minimum absolute atomic E-state index is 0.115. The van der Waals surface area contributed by atoms with Gasteiger partial charge in [0.05, 0.1) is 22.9 Å². The fourth-order valence-corrected chi connectivity index (χ4v) is 4.12. The van der Waals surface area contributed by atoms with Gasteiger partial charge >= 0.3 is 5.69 Å². The van der Waals surface area contributed by atoms with Gasteiger partial charge in [0.2, 0.25) is 11.6 Å². The fraction of sp³-hybridized carbons (Fsp3) is 0.158. The lowest BCUT2D eigenvalue weighted by atomic mass is 10.1. The minimum atomic E-state index is -0.525. The van der Waals surface area contributed by atoms with Crippen LogP contribution in [0.4, 0.5) is 9.52 Å². The molecule has 0 aliphatic heterocycles. The quantitative estimate of drug-likeness (QED) is 0.471. The fourth-order valence-electron chi connectivity index (χ4n) is 3.01. The van der Waals surface area contributed by atoms with E-state index >= 15 is 0 Å². The van der Waals surface area contributed by atoms with E-state index in [4.69, 9.17) is 4.42 Å². The van der Waals surface area contributed by atoms with Crippen LogP contribution in [0.2, 0.25) is 0 Å². The van der Waals surface area contributed by atoms with Gasteiger partial charge in [-0.05, 0) is 34.1 Å². The number of nitrogens with zero attached hydrogens (tertiary/aromatic N) is 3. The molecule has 0 spiro atoms. The van der Waals surface area contributed by atoms with Crippen molar-refractivity contribution in [2.75, 3.05) is 5.32 Å². The highest BCUT2D eigenvalue weighted by Crippen LogP contribution is 2.28. The zero-order chi connectivity index (χ0) is 21.6. The molecule has 0 unspecified atom stereocenters. The summed E-state index contributed by atoms with van der Waals surface area (Å²) in [5, 5.41) is 4.98. The monoisotopic (exact) mass is 492 g/mol. The third-order valence-corrected chi connectivity index (χ3v) is 5.93. The molecule has 0 radical (unpaired) electrons. The van der Waals surface area contributed by atoms with Crippen molar-refractivity contribution in [3.63, 3.8) is 0 Å². The van der Waals surface area contributed by atoms with Gasteiger partial charge in [-0.1, -0.05) is 0 Å². The Bertz CT molecular complexity index is 1420. The molecule has 1 N–H and O–H groups in total. The topological polar surface area (TPSA) is 99.1 Å². The van der Waals surface area contributed by atoms with Crippen molar-refractivity contribution in [1.82, 2.24) is 14.1 Å². The number of aromatic nitrogens is 3. The number of rotatable bonds is 4. The number of carbonyl (C=O) groups is 1. The highest BCUT2D eigenvalue weighted by Gasteiger charge is 2.19. The molecule has 154 valence electrons. The number of amides is 1. The molecule has 0 bridgehead atoms. The number of aryl methyl sites for hydroxylation is 1. The molecule has 4 aromatic rings. The molecule has 1 amide bonds. The van der Waals surface area contributed by atoms with E-state index < -0.39 is 17.2 Å². The van der Waals surface area contributed by atoms with E-state index in [0.29, 0.717) is 26.4 Å². The molecule has 0 saturated heterocycles. The molecule has 11 heteroatoms. The van der Waals surface area contributed by atoms with Crippen LogP contribution in [-0.4, -0.2) is 20.0 Å². The second-order valence-electron chi connectivity index (χ2n) is 6.54. The summed E-state index contributed by atoms with van der Waals surface area (Å²) in [6, 6.07) is 4.53. The largest absolute Gasteiger partial charge is 0.447 e. The lowest BCUT2D eigenvalue weighted by molar-refractivity contribution is -0.115. The molecule has 0 aliphatic rings. The number of benzene rings is 1. The summed E-state index contributed by atoms with van der Waals surface area (Å²) in [7, 11) is 2.86. The summed E-state index contributed by atoms with van der Waals surface area (Å²) in [4.78, 5) is 41.3. The predicted molar refractivity (Wildman–Crippen MR) is 114 cm³/mol. The van der Waals surface area contributed by atoms with Gasteiger partial charge in [0.15, 0.2) is 5.13 Å². The van der Waals surface area contributed by atoms with Crippen molar-refractivity contribution >= 4 is 49.4 Å². The normalized spacial score (nSPS) is 11.2. The van der Waals surface area contributed by atoms with Crippen molar-refractivity contribution in [2.24, 2.45) is 14.1 Å². The van der Waals surface area contributed by atoms with E-state index in [-0.39, 0.29) is 23.3 Å². The molecular weight excluding hydrogens is 479 g/mol. The van der Waals surface area contributed by atoms with Crippen LogP contribution >= 0.6 is 27.3 Å². The average molecular weight is 493 g/mol. The first-order valence-corrected chi connectivity index (χ1v) is 10.3. The third-order valence-electron chi connectivity index (χ3n) is 4.56. The number of anilines is 1. The number of hydrogen-bond acceptors (Lipinski definition) is 6. The van der Waals surface area contributed by atoms with E-state index in [1.807, 2.05) is 0 Å². The van der Waals surface area contributed by atoms with Crippen LogP contribution in [0.1, 0.15) is 5.56 Å². The highest BCUT2D eigenvalue weighted by atomic mass is 79.9. The van der Waals surface area contributed by atoms with Crippen molar-refractivity contribution in [1.29, 1.82) is 0 Å². The van der Waals surface area contributed by atoms with Crippen LogP contribution in [0.3, 0.4) is 0 Å². The third kappa shape index (κ3) is 3.50. The first-order chi connectivity index (χ1) is 14.3. The Morgan fingerprint density at radius 1 is 1.30 bits per heavy atom. The number of carbonyl (C=O) groups excluding carboxylic acids is 1. The Balaban J connectivity index is 1.56. The SMILES string of the molecule is Cn1c(=O)c2c(CC(=O)Nc3nc(-c4ccc(F)c(Br)c4)cs3)coc2n(C)c1=O. The number of thiazole rings is 1. The Labute approximate surface area is 180 Å². The number of halogens is 2.